The summed E-state index contributed by atoms with van der Waals surface area (Å²) in [6.45, 7) is 3.05. The molecule has 22 heavy (non-hydrogen) atoms. The molecule has 0 aromatic heterocycles. The average Bonchev–Trinajstić information content (AvgIpc) is 3.40. The number of hydrogen-bond donors (Lipinski definition) is 1. The number of rotatable bonds is 3. The largest absolute Gasteiger partial charge is 0.380 e. The smallest absolute Gasteiger partial charge is 0.317 e. The zero-order valence-electron chi connectivity index (χ0n) is 13.4. The topological polar surface area (TPSA) is 61.9 Å². The van der Waals surface area contributed by atoms with Crippen LogP contribution >= 0.6 is 0 Å². The molecule has 1 unspecified atom stereocenters. The number of piperidine rings is 2. The fourth-order valence-electron chi connectivity index (χ4n) is 3.41. The first-order valence-corrected chi connectivity index (χ1v) is 8.54. The van der Waals surface area contributed by atoms with E-state index in [1.807, 2.05) is 9.80 Å². The molecule has 124 valence electrons. The van der Waals surface area contributed by atoms with Crippen LogP contribution in [0.15, 0.2) is 0 Å². The molecule has 1 saturated carbocycles. The highest BCUT2D eigenvalue weighted by Crippen LogP contribution is 2.31. The molecular weight excluding hydrogens is 282 g/mol. The first-order chi connectivity index (χ1) is 10.7. The number of ether oxygens (including phenoxy) is 1. The van der Waals surface area contributed by atoms with Gasteiger partial charge in [0.05, 0.1) is 6.10 Å². The van der Waals surface area contributed by atoms with Crippen molar-refractivity contribution in [2.24, 2.45) is 5.92 Å². The Morgan fingerprint density at radius 1 is 1.00 bits per heavy atom. The van der Waals surface area contributed by atoms with Crippen LogP contribution in [-0.4, -0.2) is 67.2 Å². The number of amides is 3. The SMILES string of the molecule is COC1CCCN(C(=O)NC2CCN(C(=O)C3CC3)CC2)C1. The summed E-state index contributed by atoms with van der Waals surface area (Å²) in [6.07, 6.45) is 6.05. The molecule has 0 aromatic rings. The van der Waals surface area contributed by atoms with Gasteiger partial charge in [-0.2, -0.15) is 0 Å². The minimum atomic E-state index is 0.0220. The number of nitrogens with one attached hydrogen (secondary N) is 1. The Morgan fingerprint density at radius 2 is 1.73 bits per heavy atom. The summed E-state index contributed by atoms with van der Waals surface area (Å²) < 4.78 is 5.36. The Balaban J connectivity index is 1.42. The molecule has 3 amide bonds. The first kappa shape index (κ1) is 15.6. The Morgan fingerprint density at radius 3 is 2.36 bits per heavy atom. The minimum Gasteiger partial charge on any atom is -0.380 e. The van der Waals surface area contributed by atoms with Gasteiger partial charge in [-0.3, -0.25) is 4.79 Å². The standard InChI is InChI=1S/C16H27N3O3/c1-22-14-3-2-8-19(11-14)16(21)17-13-6-9-18(10-7-13)15(20)12-4-5-12/h12-14H,2-11H2,1H3,(H,17,21). The molecule has 0 aromatic carbocycles. The van der Waals surface area contributed by atoms with Crippen LogP contribution in [0.25, 0.3) is 0 Å². The second-order valence-electron chi connectivity index (χ2n) is 6.77. The molecular formula is C16H27N3O3. The maximum Gasteiger partial charge on any atom is 0.317 e. The van der Waals surface area contributed by atoms with Crippen molar-refractivity contribution in [3.63, 3.8) is 0 Å². The average molecular weight is 309 g/mol. The second kappa shape index (κ2) is 6.86. The van der Waals surface area contributed by atoms with E-state index in [2.05, 4.69) is 5.32 Å². The van der Waals surface area contributed by atoms with E-state index in [0.29, 0.717) is 18.4 Å². The number of nitrogens with zero attached hydrogens (tertiary/aromatic N) is 2. The molecule has 1 N–H and O–H groups in total. The van der Waals surface area contributed by atoms with Gasteiger partial charge in [0.15, 0.2) is 0 Å². The lowest BCUT2D eigenvalue weighted by atomic mass is 10.0. The molecule has 0 spiro atoms. The van der Waals surface area contributed by atoms with Crippen LogP contribution in [0, 0.1) is 5.92 Å². The predicted octanol–water partition coefficient (Wildman–Crippen LogP) is 1.21. The lowest BCUT2D eigenvalue weighted by Crippen LogP contribution is -2.53. The van der Waals surface area contributed by atoms with Gasteiger partial charge in [0.2, 0.25) is 5.91 Å². The van der Waals surface area contributed by atoms with Gasteiger partial charge in [-0.25, -0.2) is 4.79 Å². The van der Waals surface area contributed by atoms with Gasteiger partial charge < -0.3 is 19.9 Å². The normalized spacial score (nSPS) is 26.9. The van der Waals surface area contributed by atoms with E-state index >= 15 is 0 Å². The number of urea groups is 1. The highest BCUT2D eigenvalue weighted by Gasteiger charge is 2.35. The van der Waals surface area contributed by atoms with Gasteiger partial charge in [0.25, 0.3) is 0 Å². The Hall–Kier alpha value is -1.30. The number of carbonyl (C=O) groups excluding carboxylic acids is 2. The molecule has 1 atom stereocenters. The van der Waals surface area contributed by atoms with E-state index in [1.54, 1.807) is 7.11 Å². The molecule has 0 radical (unpaired) electrons. The van der Waals surface area contributed by atoms with Crippen molar-refractivity contribution in [1.82, 2.24) is 15.1 Å². The van der Waals surface area contributed by atoms with Crippen molar-refractivity contribution in [2.75, 3.05) is 33.3 Å². The summed E-state index contributed by atoms with van der Waals surface area (Å²) in [4.78, 5) is 28.2. The monoisotopic (exact) mass is 309 g/mol. The third kappa shape index (κ3) is 3.72. The quantitative estimate of drug-likeness (QED) is 0.852. The maximum absolute atomic E-state index is 12.3. The summed E-state index contributed by atoms with van der Waals surface area (Å²) in [5, 5.41) is 3.13. The van der Waals surface area contributed by atoms with Gasteiger partial charge in [-0.1, -0.05) is 0 Å². The lowest BCUT2D eigenvalue weighted by Gasteiger charge is -2.36. The van der Waals surface area contributed by atoms with Crippen LogP contribution in [0.3, 0.4) is 0 Å². The third-order valence-electron chi connectivity index (χ3n) is 5.06. The Kier molecular flexibility index (Phi) is 4.86. The lowest BCUT2D eigenvalue weighted by molar-refractivity contribution is -0.133. The van der Waals surface area contributed by atoms with Crippen molar-refractivity contribution in [3.8, 4) is 0 Å². The van der Waals surface area contributed by atoms with Crippen LogP contribution in [0.4, 0.5) is 4.79 Å². The number of carbonyl (C=O) groups is 2. The summed E-state index contributed by atoms with van der Waals surface area (Å²) in [5.41, 5.74) is 0. The van der Waals surface area contributed by atoms with Crippen molar-refractivity contribution in [3.05, 3.63) is 0 Å². The van der Waals surface area contributed by atoms with Gasteiger partial charge in [0.1, 0.15) is 0 Å². The first-order valence-electron chi connectivity index (χ1n) is 8.54. The fraction of sp³-hybridized carbons (Fsp3) is 0.875. The van der Waals surface area contributed by atoms with Crippen LogP contribution in [0.5, 0.6) is 0 Å². The fourth-order valence-corrected chi connectivity index (χ4v) is 3.41. The van der Waals surface area contributed by atoms with Crippen molar-refractivity contribution in [1.29, 1.82) is 0 Å². The third-order valence-corrected chi connectivity index (χ3v) is 5.06. The van der Waals surface area contributed by atoms with E-state index in [9.17, 15) is 9.59 Å². The van der Waals surface area contributed by atoms with Crippen LogP contribution in [0.1, 0.15) is 38.5 Å². The van der Waals surface area contributed by atoms with Crippen molar-refractivity contribution >= 4 is 11.9 Å². The molecule has 6 heteroatoms. The molecule has 3 rings (SSSR count). The molecule has 3 aliphatic rings. The van der Waals surface area contributed by atoms with Crippen molar-refractivity contribution < 1.29 is 14.3 Å². The highest BCUT2D eigenvalue weighted by atomic mass is 16.5. The van der Waals surface area contributed by atoms with E-state index in [4.69, 9.17) is 4.74 Å². The number of likely N-dealkylation sites (tertiary alicyclic amines) is 2. The highest BCUT2D eigenvalue weighted by molar-refractivity contribution is 5.81. The molecule has 2 saturated heterocycles. The summed E-state index contributed by atoms with van der Waals surface area (Å²) in [5.74, 6) is 0.620. The van der Waals surface area contributed by atoms with E-state index in [0.717, 1.165) is 58.2 Å². The molecule has 2 heterocycles. The van der Waals surface area contributed by atoms with Crippen molar-refractivity contribution in [2.45, 2.75) is 50.7 Å². The van der Waals surface area contributed by atoms with E-state index < -0.39 is 0 Å². The molecule has 1 aliphatic carbocycles. The molecule has 3 fully saturated rings. The van der Waals surface area contributed by atoms with Gasteiger partial charge in [-0.05, 0) is 38.5 Å². The molecule has 2 aliphatic heterocycles. The summed E-state index contributed by atoms with van der Waals surface area (Å²) in [7, 11) is 1.71. The second-order valence-corrected chi connectivity index (χ2v) is 6.77. The predicted molar refractivity (Wildman–Crippen MR) is 82.5 cm³/mol. The minimum absolute atomic E-state index is 0.0220. The summed E-state index contributed by atoms with van der Waals surface area (Å²) >= 11 is 0. The molecule has 0 bridgehead atoms. The zero-order valence-corrected chi connectivity index (χ0v) is 13.4. The zero-order chi connectivity index (χ0) is 15.5. The van der Waals surface area contributed by atoms with Crippen LogP contribution < -0.4 is 5.32 Å². The molecule has 6 nitrogen and oxygen atoms in total. The Bertz CT molecular complexity index is 417. The number of hydrogen-bond acceptors (Lipinski definition) is 3. The maximum atomic E-state index is 12.3. The van der Waals surface area contributed by atoms with E-state index in [1.165, 1.54) is 0 Å². The van der Waals surface area contributed by atoms with E-state index in [-0.39, 0.29) is 18.2 Å². The van der Waals surface area contributed by atoms with Crippen LogP contribution in [0.2, 0.25) is 0 Å². The van der Waals surface area contributed by atoms with Gasteiger partial charge in [-0.15, -0.1) is 0 Å². The Labute approximate surface area is 132 Å². The van der Waals surface area contributed by atoms with Gasteiger partial charge in [0, 0.05) is 45.2 Å². The van der Waals surface area contributed by atoms with Crippen LogP contribution in [-0.2, 0) is 9.53 Å². The summed E-state index contributed by atoms with van der Waals surface area (Å²) in [6, 6.07) is 0.215. The number of methoxy groups -OCH3 is 1. The van der Waals surface area contributed by atoms with Gasteiger partial charge >= 0.3 is 6.03 Å².